The van der Waals surface area contributed by atoms with E-state index in [1.165, 1.54) is 0 Å². The molecule has 0 unspecified atom stereocenters. The molecule has 7 nitrogen and oxygen atoms in total. The molecular formula is C17H15Cl2N3O4S. The van der Waals surface area contributed by atoms with E-state index in [0.717, 1.165) is 0 Å². The largest absolute Gasteiger partial charge is 0.482 e. The molecular weight excluding hydrogens is 413 g/mol. The number of nitrogens with one attached hydrogen (secondary N) is 3. The van der Waals surface area contributed by atoms with E-state index < -0.39 is 11.8 Å². The average molecular weight is 428 g/mol. The molecule has 0 spiro atoms. The van der Waals surface area contributed by atoms with Crippen LogP contribution in [-0.4, -0.2) is 30.1 Å². The van der Waals surface area contributed by atoms with Crippen LogP contribution in [0.4, 0.5) is 0 Å². The van der Waals surface area contributed by atoms with Crippen LogP contribution >= 0.6 is 35.4 Å². The zero-order valence-electron chi connectivity index (χ0n) is 13.8. The SMILES string of the molecule is O=C(COc1ccccc1Cl)NNC(=S)NC(=O)COc1ccccc1Cl. The molecule has 3 N–H and O–H groups in total. The van der Waals surface area contributed by atoms with Gasteiger partial charge in [-0.05, 0) is 36.5 Å². The molecule has 0 saturated carbocycles. The van der Waals surface area contributed by atoms with E-state index in [2.05, 4.69) is 16.2 Å². The molecule has 0 aliphatic rings. The summed E-state index contributed by atoms with van der Waals surface area (Å²) >= 11 is 16.7. The zero-order chi connectivity index (χ0) is 19.6. The number of carbonyl (C=O) groups is 2. The van der Waals surface area contributed by atoms with Crippen molar-refractivity contribution < 1.29 is 19.1 Å². The summed E-state index contributed by atoms with van der Waals surface area (Å²) in [6.45, 7) is -0.585. The monoisotopic (exact) mass is 427 g/mol. The van der Waals surface area contributed by atoms with E-state index >= 15 is 0 Å². The highest BCUT2D eigenvalue weighted by Gasteiger charge is 2.09. The summed E-state index contributed by atoms with van der Waals surface area (Å²) in [5.74, 6) is -0.284. The molecule has 10 heteroatoms. The van der Waals surface area contributed by atoms with Gasteiger partial charge in [0.15, 0.2) is 18.3 Å². The van der Waals surface area contributed by atoms with E-state index in [1.54, 1.807) is 48.5 Å². The molecule has 2 aromatic rings. The van der Waals surface area contributed by atoms with Gasteiger partial charge in [0.05, 0.1) is 10.0 Å². The number of halogens is 2. The van der Waals surface area contributed by atoms with Crippen molar-refractivity contribution in [3.8, 4) is 11.5 Å². The normalized spacial score (nSPS) is 9.85. The number of rotatable bonds is 6. The Morgan fingerprint density at radius 2 is 1.30 bits per heavy atom. The van der Waals surface area contributed by atoms with Gasteiger partial charge in [0, 0.05) is 0 Å². The highest BCUT2D eigenvalue weighted by molar-refractivity contribution is 7.80. The summed E-state index contributed by atoms with van der Waals surface area (Å²) in [6.07, 6.45) is 0. The van der Waals surface area contributed by atoms with Crippen molar-refractivity contribution in [2.45, 2.75) is 0 Å². The first kappa shape index (κ1) is 20.8. The minimum absolute atomic E-state index is 0.103. The quantitative estimate of drug-likeness (QED) is 0.484. The van der Waals surface area contributed by atoms with Gasteiger partial charge in [-0.2, -0.15) is 0 Å². The van der Waals surface area contributed by atoms with Crippen LogP contribution in [0.1, 0.15) is 0 Å². The minimum Gasteiger partial charge on any atom is -0.482 e. The molecule has 27 heavy (non-hydrogen) atoms. The van der Waals surface area contributed by atoms with Crippen molar-refractivity contribution in [3.05, 3.63) is 58.6 Å². The maximum Gasteiger partial charge on any atom is 0.276 e. The molecule has 0 saturated heterocycles. The van der Waals surface area contributed by atoms with Crippen LogP contribution in [0.2, 0.25) is 10.0 Å². The molecule has 2 amide bonds. The molecule has 0 heterocycles. The predicted octanol–water partition coefficient (Wildman–Crippen LogP) is 2.47. The number of hydrogen-bond acceptors (Lipinski definition) is 5. The highest BCUT2D eigenvalue weighted by Crippen LogP contribution is 2.23. The molecule has 0 bridgehead atoms. The van der Waals surface area contributed by atoms with E-state index in [9.17, 15) is 9.59 Å². The van der Waals surface area contributed by atoms with Gasteiger partial charge in [0.1, 0.15) is 11.5 Å². The highest BCUT2D eigenvalue weighted by atomic mass is 35.5. The number of thiocarbonyl (C=S) groups is 1. The molecule has 2 rings (SSSR count). The van der Waals surface area contributed by atoms with Crippen molar-refractivity contribution >= 4 is 52.3 Å². The Kier molecular flexibility index (Phi) is 8.12. The predicted molar refractivity (Wildman–Crippen MR) is 106 cm³/mol. The number of ether oxygens (including phenoxy) is 2. The second-order valence-electron chi connectivity index (χ2n) is 4.99. The first-order valence-electron chi connectivity index (χ1n) is 7.59. The number of hydrogen-bond donors (Lipinski definition) is 3. The maximum absolute atomic E-state index is 11.8. The molecule has 0 fully saturated rings. The third-order valence-corrected chi connectivity index (χ3v) is 3.79. The van der Waals surface area contributed by atoms with Crippen molar-refractivity contribution in [1.29, 1.82) is 0 Å². The lowest BCUT2D eigenvalue weighted by molar-refractivity contribution is -0.124. The Morgan fingerprint density at radius 3 is 1.81 bits per heavy atom. The fourth-order valence-electron chi connectivity index (χ4n) is 1.77. The van der Waals surface area contributed by atoms with E-state index in [0.29, 0.717) is 21.5 Å². The molecule has 0 atom stereocenters. The number of carbonyl (C=O) groups excluding carboxylic acids is 2. The standard InChI is InChI=1S/C17H15Cl2N3O4S/c18-11-5-1-3-7-13(11)25-9-15(23)20-17(27)22-21-16(24)10-26-14-8-4-2-6-12(14)19/h1-8H,9-10H2,(H,21,24)(H2,20,22,23,27). The summed E-state index contributed by atoms with van der Waals surface area (Å²) in [7, 11) is 0. The molecule has 0 aliphatic heterocycles. The van der Waals surface area contributed by atoms with Gasteiger partial charge in [-0.3, -0.25) is 25.8 Å². The van der Waals surface area contributed by atoms with Crippen LogP contribution in [0.3, 0.4) is 0 Å². The van der Waals surface area contributed by atoms with Crippen molar-refractivity contribution in [2.75, 3.05) is 13.2 Å². The molecule has 142 valence electrons. The van der Waals surface area contributed by atoms with Crippen molar-refractivity contribution in [2.24, 2.45) is 0 Å². The van der Waals surface area contributed by atoms with Gasteiger partial charge in [-0.15, -0.1) is 0 Å². The second-order valence-corrected chi connectivity index (χ2v) is 6.21. The van der Waals surface area contributed by atoms with Gasteiger partial charge in [0.2, 0.25) is 0 Å². The van der Waals surface area contributed by atoms with E-state index in [-0.39, 0.29) is 18.3 Å². The van der Waals surface area contributed by atoms with E-state index in [1.807, 2.05) is 0 Å². The van der Waals surface area contributed by atoms with Crippen LogP contribution in [0, 0.1) is 0 Å². The number of hydrazine groups is 1. The smallest absolute Gasteiger partial charge is 0.276 e. The number of benzene rings is 2. The third-order valence-electron chi connectivity index (χ3n) is 2.96. The van der Waals surface area contributed by atoms with Crippen molar-refractivity contribution in [3.63, 3.8) is 0 Å². The lowest BCUT2D eigenvalue weighted by Crippen LogP contribution is -2.50. The van der Waals surface area contributed by atoms with Crippen LogP contribution in [-0.2, 0) is 9.59 Å². The molecule has 0 aliphatic carbocycles. The van der Waals surface area contributed by atoms with Gasteiger partial charge < -0.3 is 9.47 Å². The zero-order valence-corrected chi connectivity index (χ0v) is 16.2. The average Bonchev–Trinajstić information content (AvgIpc) is 2.65. The topological polar surface area (TPSA) is 88.7 Å². The summed E-state index contributed by atoms with van der Waals surface area (Å²) in [5.41, 5.74) is 4.66. The molecule has 0 aromatic heterocycles. The Balaban J connectivity index is 1.66. The maximum atomic E-state index is 11.8. The Bertz CT molecular complexity index is 835. The fourth-order valence-corrected chi connectivity index (χ4v) is 2.31. The molecule has 0 radical (unpaired) electrons. The summed E-state index contributed by atoms with van der Waals surface area (Å²) < 4.78 is 10.5. The summed E-state index contributed by atoms with van der Waals surface area (Å²) in [5, 5.41) is 3.02. The minimum atomic E-state index is -0.519. The van der Waals surface area contributed by atoms with Crippen LogP contribution in [0.25, 0.3) is 0 Å². The Morgan fingerprint density at radius 1 is 0.815 bits per heavy atom. The number of para-hydroxylation sites is 2. The van der Waals surface area contributed by atoms with Crippen molar-refractivity contribution in [1.82, 2.24) is 16.2 Å². The third kappa shape index (κ3) is 7.30. The van der Waals surface area contributed by atoms with Gasteiger partial charge in [-0.25, -0.2) is 0 Å². The fraction of sp³-hybridized carbons (Fsp3) is 0.118. The number of amides is 2. The Hall–Kier alpha value is -2.55. The summed E-state index contributed by atoms with van der Waals surface area (Å²) in [6, 6.07) is 13.5. The molecule has 2 aromatic carbocycles. The van der Waals surface area contributed by atoms with Gasteiger partial charge >= 0.3 is 0 Å². The van der Waals surface area contributed by atoms with Crippen LogP contribution in [0.5, 0.6) is 11.5 Å². The van der Waals surface area contributed by atoms with Crippen LogP contribution < -0.4 is 25.6 Å². The van der Waals surface area contributed by atoms with E-state index in [4.69, 9.17) is 44.9 Å². The lowest BCUT2D eigenvalue weighted by Gasteiger charge is -2.12. The first-order chi connectivity index (χ1) is 13.0. The lowest BCUT2D eigenvalue weighted by atomic mass is 10.3. The summed E-state index contributed by atoms with van der Waals surface area (Å²) in [4.78, 5) is 23.5. The Labute approximate surface area is 170 Å². The van der Waals surface area contributed by atoms with Gasteiger partial charge in [-0.1, -0.05) is 47.5 Å². The first-order valence-corrected chi connectivity index (χ1v) is 8.75. The van der Waals surface area contributed by atoms with Gasteiger partial charge in [0.25, 0.3) is 11.8 Å². The van der Waals surface area contributed by atoms with Crippen LogP contribution in [0.15, 0.2) is 48.5 Å². The second kappa shape index (κ2) is 10.6.